The Morgan fingerprint density at radius 3 is 2.58 bits per heavy atom. The number of ether oxygens (including phenoxy) is 2. The third kappa shape index (κ3) is 4.44. The number of nitro benzene ring substituents is 1. The van der Waals surface area contributed by atoms with E-state index >= 15 is 0 Å². The summed E-state index contributed by atoms with van der Waals surface area (Å²) in [5, 5.41) is 13.4. The zero-order valence-electron chi connectivity index (χ0n) is 18.1. The van der Waals surface area contributed by atoms with Gasteiger partial charge in [0.25, 0.3) is 17.2 Å². The highest BCUT2D eigenvalue weighted by molar-refractivity contribution is 5.96. The number of hydrogen-bond donors (Lipinski definition) is 1. The van der Waals surface area contributed by atoms with Crippen molar-refractivity contribution >= 4 is 34.4 Å². The molecule has 14 nitrogen and oxygen atoms in total. The van der Waals surface area contributed by atoms with E-state index in [1.54, 1.807) is 0 Å². The summed E-state index contributed by atoms with van der Waals surface area (Å²) < 4.78 is 13.5. The number of nitrogens with zero attached hydrogens (tertiary/aromatic N) is 5. The highest BCUT2D eigenvalue weighted by Crippen LogP contribution is 2.29. The van der Waals surface area contributed by atoms with Crippen LogP contribution in [-0.2, 0) is 35.0 Å². The van der Waals surface area contributed by atoms with Gasteiger partial charge in [-0.2, -0.15) is 0 Å². The number of rotatable bonds is 7. The van der Waals surface area contributed by atoms with Gasteiger partial charge in [-0.3, -0.25) is 33.6 Å². The number of fused-ring (bicyclic) bond motifs is 1. The van der Waals surface area contributed by atoms with Crippen LogP contribution in [0.3, 0.4) is 0 Å². The van der Waals surface area contributed by atoms with Crippen LogP contribution in [0.2, 0.25) is 0 Å². The molecule has 0 saturated carbocycles. The third-order valence-electron chi connectivity index (χ3n) is 4.85. The van der Waals surface area contributed by atoms with Gasteiger partial charge in [0.2, 0.25) is 0 Å². The molecule has 1 atom stereocenters. The quantitative estimate of drug-likeness (QED) is 0.288. The minimum absolute atomic E-state index is 0.0231. The number of nitro groups is 1. The van der Waals surface area contributed by atoms with Crippen molar-refractivity contribution in [2.24, 2.45) is 14.1 Å². The molecule has 3 aromatic rings. The van der Waals surface area contributed by atoms with Crippen molar-refractivity contribution < 1.29 is 24.0 Å². The van der Waals surface area contributed by atoms with Gasteiger partial charge in [-0.05, 0) is 13.0 Å². The predicted octanol–water partition coefficient (Wildman–Crippen LogP) is -0.0791. The van der Waals surface area contributed by atoms with Gasteiger partial charge in [-0.15, -0.1) is 0 Å². The molecule has 1 unspecified atom stereocenters. The Labute approximate surface area is 185 Å². The molecule has 0 radical (unpaired) electrons. The molecule has 1 aromatic carbocycles. The molecule has 0 aliphatic rings. The van der Waals surface area contributed by atoms with Crippen LogP contribution in [0.1, 0.15) is 6.92 Å². The predicted molar refractivity (Wildman–Crippen MR) is 114 cm³/mol. The Hall–Kier alpha value is -4.49. The van der Waals surface area contributed by atoms with E-state index in [4.69, 9.17) is 9.47 Å². The second-order valence-corrected chi connectivity index (χ2v) is 7.01. The molecule has 2 aromatic heterocycles. The number of anilines is 1. The molecule has 0 aliphatic carbocycles. The zero-order valence-corrected chi connectivity index (χ0v) is 18.1. The summed E-state index contributed by atoms with van der Waals surface area (Å²) in [6.07, 6.45) is -0.0608. The van der Waals surface area contributed by atoms with Crippen molar-refractivity contribution in [3.63, 3.8) is 0 Å². The SMILES string of the molecule is COc1ccc([N+](=O)[O-])cc1NC(=O)C(C)OC(=O)Cn1cnc2c1c(=O)n(C)c(=O)n2C. The number of aryl methyl sites for hydroxylation is 1. The van der Waals surface area contributed by atoms with E-state index in [-0.39, 0.29) is 28.3 Å². The van der Waals surface area contributed by atoms with E-state index in [2.05, 4.69) is 10.3 Å². The second kappa shape index (κ2) is 8.94. The molecule has 1 N–H and O–H groups in total. The van der Waals surface area contributed by atoms with Crippen LogP contribution in [0.15, 0.2) is 34.1 Å². The Balaban J connectivity index is 1.75. The number of carbonyl (C=O) groups is 2. The van der Waals surface area contributed by atoms with Gasteiger partial charge < -0.3 is 19.4 Å². The van der Waals surface area contributed by atoms with Crippen molar-refractivity contribution in [3.8, 4) is 5.75 Å². The van der Waals surface area contributed by atoms with Crippen LogP contribution in [-0.4, -0.2) is 48.7 Å². The molecule has 174 valence electrons. The zero-order chi connectivity index (χ0) is 24.4. The molecule has 14 heteroatoms. The van der Waals surface area contributed by atoms with E-state index in [0.29, 0.717) is 0 Å². The van der Waals surface area contributed by atoms with Crippen molar-refractivity contribution in [2.75, 3.05) is 12.4 Å². The number of benzene rings is 1. The number of esters is 1. The molecule has 3 rings (SSSR count). The lowest BCUT2D eigenvalue weighted by Crippen LogP contribution is -2.38. The maximum absolute atomic E-state index is 12.5. The Kier molecular flexibility index (Phi) is 6.28. The monoisotopic (exact) mass is 460 g/mol. The maximum Gasteiger partial charge on any atom is 0.332 e. The summed E-state index contributed by atoms with van der Waals surface area (Å²) in [5.74, 6) is -1.42. The van der Waals surface area contributed by atoms with Crippen LogP contribution in [0.4, 0.5) is 11.4 Å². The summed E-state index contributed by atoms with van der Waals surface area (Å²) in [6.45, 7) is 0.869. The number of amides is 1. The minimum Gasteiger partial charge on any atom is -0.495 e. The summed E-state index contributed by atoms with van der Waals surface area (Å²) in [4.78, 5) is 63.7. The van der Waals surface area contributed by atoms with Crippen molar-refractivity contribution in [3.05, 3.63) is 55.5 Å². The average molecular weight is 460 g/mol. The van der Waals surface area contributed by atoms with Gasteiger partial charge in [-0.1, -0.05) is 0 Å². The fourth-order valence-corrected chi connectivity index (χ4v) is 3.09. The van der Waals surface area contributed by atoms with Crippen LogP contribution < -0.4 is 21.3 Å². The molecule has 33 heavy (non-hydrogen) atoms. The van der Waals surface area contributed by atoms with Crippen LogP contribution in [0.25, 0.3) is 11.2 Å². The largest absolute Gasteiger partial charge is 0.495 e. The van der Waals surface area contributed by atoms with Gasteiger partial charge in [0.1, 0.15) is 12.3 Å². The topological polar surface area (TPSA) is 170 Å². The molecular weight excluding hydrogens is 440 g/mol. The first-order chi connectivity index (χ1) is 15.5. The molecule has 1 amide bonds. The van der Waals surface area contributed by atoms with E-state index in [1.807, 2.05) is 0 Å². The molecular formula is C19H20N6O8. The van der Waals surface area contributed by atoms with Gasteiger partial charge >= 0.3 is 11.7 Å². The number of aromatic nitrogens is 4. The first-order valence-corrected chi connectivity index (χ1v) is 9.48. The van der Waals surface area contributed by atoms with E-state index < -0.39 is 40.7 Å². The second-order valence-electron chi connectivity index (χ2n) is 7.01. The van der Waals surface area contributed by atoms with Gasteiger partial charge in [0, 0.05) is 26.2 Å². The first kappa shape index (κ1) is 23.2. The highest BCUT2D eigenvalue weighted by Gasteiger charge is 2.22. The Bertz CT molecular complexity index is 1390. The standard InChI is InChI=1S/C19H20N6O8/c1-10(17(27)21-12-7-11(25(30)31)5-6-13(12)32-4)33-14(26)8-24-9-20-16-15(24)18(28)23(3)19(29)22(16)2/h5-7,9-10H,8H2,1-4H3,(H,21,27). The molecule has 0 bridgehead atoms. The Morgan fingerprint density at radius 2 is 1.94 bits per heavy atom. The normalized spacial score (nSPS) is 11.8. The van der Waals surface area contributed by atoms with Gasteiger partial charge in [0.05, 0.1) is 24.0 Å². The van der Waals surface area contributed by atoms with Gasteiger partial charge in [-0.25, -0.2) is 9.78 Å². The summed E-state index contributed by atoms with van der Waals surface area (Å²) in [7, 11) is 4.07. The lowest BCUT2D eigenvalue weighted by atomic mass is 10.2. The molecule has 0 saturated heterocycles. The molecule has 0 spiro atoms. The van der Waals surface area contributed by atoms with Crippen molar-refractivity contribution in [1.29, 1.82) is 0 Å². The first-order valence-electron chi connectivity index (χ1n) is 9.48. The van der Waals surface area contributed by atoms with Crippen LogP contribution in [0.5, 0.6) is 5.75 Å². The third-order valence-corrected chi connectivity index (χ3v) is 4.85. The van der Waals surface area contributed by atoms with Crippen LogP contribution in [0, 0.1) is 10.1 Å². The minimum atomic E-state index is -1.27. The van der Waals surface area contributed by atoms with Crippen LogP contribution >= 0.6 is 0 Å². The average Bonchev–Trinajstić information content (AvgIpc) is 3.19. The number of imidazole rings is 1. The smallest absolute Gasteiger partial charge is 0.332 e. The summed E-state index contributed by atoms with van der Waals surface area (Å²) >= 11 is 0. The number of nitrogens with one attached hydrogen (secondary N) is 1. The maximum atomic E-state index is 12.5. The van der Waals surface area contributed by atoms with E-state index in [1.165, 1.54) is 55.7 Å². The Morgan fingerprint density at radius 1 is 1.24 bits per heavy atom. The highest BCUT2D eigenvalue weighted by atomic mass is 16.6. The number of hydrogen-bond acceptors (Lipinski definition) is 9. The molecule has 0 fully saturated rings. The molecule has 0 aliphatic heterocycles. The van der Waals surface area contributed by atoms with Crippen molar-refractivity contribution in [2.45, 2.75) is 19.6 Å². The number of carbonyl (C=O) groups excluding carboxylic acids is 2. The molecule has 2 heterocycles. The lowest BCUT2D eigenvalue weighted by Gasteiger charge is -2.15. The van der Waals surface area contributed by atoms with Gasteiger partial charge in [0.15, 0.2) is 17.3 Å². The summed E-state index contributed by atoms with van der Waals surface area (Å²) in [6, 6.07) is 3.65. The summed E-state index contributed by atoms with van der Waals surface area (Å²) in [5.41, 5.74) is -1.32. The lowest BCUT2D eigenvalue weighted by molar-refractivity contribution is -0.384. The number of methoxy groups -OCH3 is 1. The van der Waals surface area contributed by atoms with E-state index in [9.17, 15) is 29.3 Å². The van der Waals surface area contributed by atoms with Crippen molar-refractivity contribution in [1.82, 2.24) is 18.7 Å². The van der Waals surface area contributed by atoms with E-state index in [0.717, 1.165) is 10.6 Å². The fraction of sp³-hybridized carbons (Fsp3) is 0.316. The number of non-ortho nitro benzene ring substituents is 1. The fourth-order valence-electron chi connectivity index (χ4n) is 3.09.